The predicted octanol–water partition coefficient (Wildman–Crippen LogP) is 0.766. The van der Waals surface area contributed by atoms with Gasteiger partial charge in [-0.25, -0.2) is 4.79 Å². The molecule has 92 valence electrons. The third-order valence-electron chi connectivity index (χ3n) is 2.54. The highest BCUT2D eigenvalue weighted by Gasteiger charge is 2.59. The van der Waals surface area contributed by atoms with Gasteiger partial charge in [0.1, 0.15) is 11.1 Å². The zero-order valence-electron chi connectivity index (χ0n) is 9.86. The first-order valence-corrected chi connectivity index (χ1v) is 5.21. The second-order valence-electron chi connectivity index (χ2n) is 5.09. The first-order valence-electron chi connectivity index (χ1n) is 5.21. The Hall–Kier alpha value is -1.07. The number of hydrogen-bond acceptors (Lipinski definition) is 4. The van der Waals surface area contributed by atoms with Crippen molar-refractivity contribution in [2.24, 2.45) is 5.92 Å². The van der Waals surface area contributed by atoms with Crippen LogP contribution in [-0.4, -0.2) is 33.7 Å². The van der Waals surface area contributed by atoms with Gasteiger partial charge in [-0.15, -0.1) is 6.58 Å². The van der Waals surface area contributed by atoms with Crippen LogP contribution in [0.25, 0.3) is 0 Å². The Bertz CT molecular complexity index is 295. The van der Waals surface area contributed by atoms with Crippen molar-refractivity contribution in [3.63, 3.8) is 0 Å². The molecule has 0 bridgehead atoms. The van der Waals surface area contributed by atoms with Crippen LogP contribution < -0.4 is 5.32 Å². The van der Waals surface area contributed by atoms with E-state index in [1.54, 1.807) is 26.8 Å². The standard InChI is InChI=1S/C11H19NO4/c1-5-7-6-11(7,8(13)14)12-9(15)16-10(2,3)4/h5,7-8,13-14H,1,6H2,2-4H3,(H,12,15). The third-order valence-corrected chi connectivity index (χ3v) is 2.54. The molecule has 1 amide bonds. The Morgan fingerprint density at radius 1 is 1.62 bits per heavy atom. The van der Waals surface area contributed by atoms with Gasteiger partial charge >= 0.3 is 6.09 Å². The van der Waals surface area contributed by atoms with E-state index in [1.807, 2.05) is 0 Å². The molecule has 2 atom stereocenters. The number of amides is 1. The van der Waals surface area contributed by atoms with E-state index < -0.39 is 23.5 Å². The zero-order valence-corrected chi connectivity index (χ0v) is 9.86. The summed E-state index contributed by atoms with van der Waals surface area (Å²) in [5.74, 6) is -0.125. The number of rotatable bonds is 3. The quantitative estimate of drug-likeness (QED) is 0.493. The van der Waals surface area contributed by atoms with Crippen molar-refractivity contribution in [1.29, 1.82) is 0 Å². The van der Waals surface area contributed by atoms with E-state index in [0.29, 0.717) is 6.42 Å². The summed E-state index contributed by atoms with van der Waals surface area (Å²) in [5.41, 5.74) is -1.63. The number of nitrogens with one attached hydrogen (secondary N) is 1. The summed E-state index contributed by atoms with van der Waals surface area (Å²) >= 11 is 0. The van der Waals surface area contributed by atoms with Crippen LogP contribution in [0.1, 0.15) is 27.2 Å². The summed E-state index contributed by atoms with van der Waals surface area (Å²) in [6, 6.07) is 0. The average molecular weight is 229 g/mol. The number of carbonyl (C=O) groups excluding carboxylic acids is 1. The molecule has 0 saturated heterocycles. The van der Waals surface area contributed by atoms with Crippen LogP contribution in [-0.2, 0) is 4.74 Å². The molecule has 0 aromatic heterocycles. The maximum atomic E-state index is 11.5. The number of ether oxygens (including phenoxy) is 1. The molecule has 1 aliphatic rings. The van der Waals surface area contributed by atoms with Crippen LogP contribution in [0, 0.1) is 5.92 Å². The molecule has 0 aromatic rings. The van der Waals surface area contributed by atoms with Gasteiger partial charge in [0.15, 0.2) is 6.29 Å². The van der Waals surface area contributed by atoms with Gasteiger partial charge in [-0.2, -0.15) is 0 Å². The average Bonchev–Trinajstić information content (AvgIpc) is 2.76. The highest BCUT2D eigenvalue weighted by Crippen LogP contribution is 2.46. The van der Waals surface area contributed by atoms with Crippen molar-refractivity contribution in [2.45, 2.75) is 44.6 Å². The number of aliphatic hydroxyl groups is 2. The topological polar surface area (TPSA) is 78.8 Å². The van der Waals surface area contributed by atoms with Crippen LogP contribution in [0.3, 0.4) is 0 Å². The molecule has 1 rings (SSSR count). The van der Waals surface area contributed by atoms with Crippen molar-refractivity contribution in [2.75, 3.05) is 0 Å². The Labute approximate surface area is 95.1 Å². The van der Waals surface area contributed by atoms with E-state index >= 15 is 0 Å². The van der Waals surface area contributed by atoms with Gasteiger partial charge in [0.25, 0.3) is 0 Å². The predicted molar refractivity (Wildman–Crippen MR) is 58.6 cm³/mol. The van der Waals surface area contributed by atoms with E-state index in [0.717, 1.165) is 0 Å². The molecule has 1 aliphatic carbocycles. The molecular weight excluding hydrogens is 210 g/mol. The SMILES string of the molecule is C=CC1CC1(NC(=O)OC(C)(C)C)C(O)O. The lowest BCUT2D eigenvalue weighted by Gasteiger charge is -2.25. The summed E-state index contributed by atoms with van der Waals surface area (Å²) in [7, 11) is 0. The van der Waals surface area contributed by atoms with E-state index in [1.165, 1.54) is 0 Å². The fraction of sp³-hybridized carbons (Fsp3) is 0.727. The molecule has 16 heavy (non-hydrogen) atoms. The van der Waals surface area contributed by atoms with Gasteiger partial charge in [-0.3, -0.25) is 0 Å². The van der Waals surface area contributed by atoms with Gasteiger partial charge in [-0.05, 0) is 27.2 Å². The van der Waals surface area contributed by atoms with Crippen LogP contribution in [0.15, 0.2) is 12.7 Å². The summed E-state index contributed by atoms with van der Waals surface area (Å²) in [6.45, 7) is 8.80. The number of alkyl carbamates (subject to hydrolysis) is 1. The van der Waals surface area contributed by atoms with Gasteiger partial charge in [-0.1, -0.05) is 6.08 Å². The van der Waals surface area contributed by atoms with Gasteiger partial charge in [0, 0.05) is 5.92 Å². The third kappa shape index (κ3) is 2.74. The van der Waals surface area contributed by atoms with Crippen molar-refractivity contribution in [1.82, 2.24) is 5.32 Å². The van der Waals surface area contributed by atoms with Gasteiger partial charge < -0.3 is 20.3 Å². The van der Waals surface area contributed by atoms with Crippen LogP contribution in [0.2, 0.25) is 0 Å². The summed E-state index contributed by atoms with van der Waals surface area (Å²) in [5, 5.41) is 20.9. The molecule has 0 aliphatic heterocycles. The summed E-state index contributed by atoms with van der Waals surface area (Å²) in [4.78, 5) is 11.5. The van der Waals surface area contributed by atoms with Crippen LogP contribution in [0.4, 0.5) is 4.79 Å². The summed E-state index contributed by atoms with van der Waals surface area (Å²) in [6.07, 6.45) is -0.197. The Balaban J connectivity index is 2.59. The molecule has 3 N–H and O–H groups in total. The first kappa shape index (κ1) is 13.0. The smallest absolute Gasteiger partial charge is 0.408 e. The number of hydrogen-bond donors (Lipinski definition) is 3. The Kier molecular flexibility index (Phi) is 3.30. The van der Waals surface area contributed by atoms with Crippen LogP contribution >= 0.6 is 0 Å². The second kappa shape index (κ2) is 4.07. The largest absolute Gasteiger partial charge is 0.444 e. The maximum Gasteiger partial charge on any atom is 0.408 e. The van der Waals surface area contributed by atoms with Crippen LogP contribution in [0.5, 0.6) is 0 Å². The zero-order chi connectivity index (χ0) is 12.6. The lowest BCUT2D eigenvalue weighted by Crippen LogP contribution is -2.49. The van der Waals surface area contributed by atoms with Gasteiger partial charge in [0.05, 0.1) is 0 Å². The number of aliphatic hydroxyl groups excluding tert-OH is 1. The molecule has 5 heteroatoms. The minimum absolute atomic E-state index is 0.125. The fourth-order valence-electron chi connectivity index (χ4n) is 1.60. The van der Waals surface area contributed by atoms with E-state index in [9.17, 15) is 15.0 Å². The maximum absolute atomic E-state index is 11.5. The molecule has 5 nitrogen and oxygen atoms in total. The van der Waals surface area contributed by atoms with Crippen molar-refractivity contribution >= 4 is 6.09 Å². The van der Waals surface area contributed by atoms with E-state index in [4.69, 9.17) is 4.74 Å². The Morgan fingerprint density at radius 3 is 2.50 bits per heavy atom. The molecule has 0 aromatic carbocycles. The summed E-state index contributed by atoms with van der Waals surface area (Å²) < 4.78 is 5.05. The van der Waals surface area contributed by atoms with E-state index in [2.05, 4.69) is 11.9 Å². The minimum Gasteiger partial charge on any atom is -0.444 e. The van der Waals surface area contributed by atoms with Crippen molar-refractivity contribution in [3.8, 4) is 0 Å². The molecular formula is C11H19NO4. The Morgan fingerprint density at radius 2 is 2.19 bits per heavy atom. The molecule has 1 saturated carbocycles. The number of carbonyl (C=O) groups is 1. The normalized spacial score (nSPS) is 28.8. The second-order valence-corrected chi connectivity index (χ2v) is 5.09. The first-order chi connectivity index (χ1) is 7.21. The van der Waals surface area contributed by atoms with Crippen molar-refractivity contribution in [3.05, 3.63) is 12.7 Å². The molecule has 1 fully saturated rings. The van der Waals surface area contributed by atoms with Gasteiger partial charge in [0.2, 0.25) is 0 Å². The molecule has 2 unspecified atom stereocenters. The highest BCUT2D eigenvalue weighted by molar-refractivity contribution is 5.70. The highest BCUT2D eigenvalue weighted by atomic mass is 16.6. The lowest BCUT2D eigenvalue weighted by atomic mass is 10.2. The van der Waals surface area contributed by atoms with E-state index in [-0.39, 0.29) is 5.92 Å². The molecule has 0 heterocycles. The molecule has 0 spiro atoms. The monoisotopic (exact) mass is 229 g/mol. The minimum atomic E-state index is -1.61. The lowest BCUT2D eigenvalue weighted by molar-refractivity contribution is -0.0798. The molecule has 0 radical (unpaired) electrons. The fourth-order valence-corrected chi connectivity index (χ4v) is 1.60. The van der Waals surface area contributed by atoms with Crippen molar-refractivity contribution < 1.29 is 19.7 Å².